The molecule has 40 heavy (non-hydrogen) atoms. The number of hydrogen-bond acceptors (Lipinski definition) is 3. The lowest BCUT2D eigenvalue weighted by molar-refractivity contribution is -0.108. The summed E-state index contributed by atoms with van der Waals surface area (Å²) in [5.74, 6) is 0.868. The molecule has 212 valence electrons. The molecule has 1 saturated carbocycles. The third-order valence-corrected chi connectivity index (χ3v) is 10.6. The fourth-order valence-electron chi connectivity index (χ4n) is 8.69. The Hall–Kier alpha value is -2.81. The van der Waals surface area contributed by atoms with Gasteiger partial charge in [0.05, 0.1) is 11.1 Å². The summed E-state index contributed by atoms with van der Waals surface area (Å²) in [5, 5.41) is 0. The molecular formula is C37H48N2O. The molecule has 2 heterocycles. The van der Waals surface area contributed by atoms with Gasteiger partial charge in [-0.05, 0) is 54.4 Å². The first kappa shape index (κ1) is 27.4. The molecular weight excluding hydrogens is 488 g/mol. The van der Waals surface area contributed by atoms with Gasteiger partial charge in [-0.25, -0.2) is 0 Å². The first-order valence-electron chi connectivity index (χ1n) is 16.0. The van der Waals surface area contributed by atoms with Gasteiger partial charge in [-0.3, -0.25) is 4.79 Å². The number of ketones is 1. The summed E-state index contributed by atoms with van der Waals surface area (Å²) in [6, 6.07) is 18.1. The van der Waals surface area contributed by atoms with Crippen LogP contribution in [0.1, 0.15) is 110 Å². The van der Waals surface area contributed by atoms with Gasteiger partial charge in [-0.1, -0.05) is 110 Å². The molecule has 0 radical (unpaired) electrons. The van der Waals surface area contributed by atoms with E-state index in [1.165, 1.54) is 61.2 Å². The largest absolute Gasteiger partial charge is 0.370 e. The monoisotopic (exact) mass is 536 g/mol. The van der Waals surface area contributed by atoms with E-state index in [1.54, 1.807) is 0 Å². The van der Waals surface area contributed by atoms with E-state index in [1.807, 2.05) is 0 Å². The van der Waals surface area contributed by atoms with E-state index < -0.39 is 0 Å². The van der Waals surface area contributed by atoms with Crippen LogP contribution in [0.25, 0.3) is 11.1 Å². The lowest BCUT2D eigenvalue weighted by Crippen LogP contribution is -2.35. The van der Waals surface area contributed by atoms with Crippen LogP contribution in [0.2, 0.25) is 0 Å². The maximum atomic E-state index is 15.1. The number of unbranched alkanes of at least 4 members (excludes halogenated alkanes) is 2. The van der Waals surface area contributed by atoms with Crippen LogP contribution in [0.3, 0.4) is 0 Å². The van der Waals surface area contributed by atoms with Crippen LogP contribution in [0.15, 0.2) is 59.9 Å². The average Bonchev–Trinajstić information content (AvgIpc) is 3.45. The highest BCUT2D eigenvalue weighted by Crippen LogP contribution is 2.59. The Labute approximate surface area is 242 Å². The number of carbonyl (C=O) groups excluding carboxylic acids is 1. The maximum Gasteiger partial charge on any atom is 0.197 e. The van der Waals surface area contributed by atoms with Gasteiger partial charge in [-0.2, -0.15) is 0 Å². The van der Waals surface area contributed by atoms with E-state index in [9.17, 15) is 0 Å². The zero-order valence-electron chi connectivity index (χ0n) is 25.6. The molecule has 2 atom stereocenters. The Morgan fingerprint density at radius 3 is 2.08 bits per heavy atom. The number of allylic oxidation sites excluding steroid dienone is 4. The third kappa shape index (κ3) is 3.94. The average molecular weight is 537 g/mol. The summed E-state index contributed by atoms with van der Waals surface area (Å²) >= 11 is 0. The summed E-state index contributed by atoms with van der Waals surface area (Å²) in [4.78, 5) is 20.3. The highest BCUT2D eigenvalue weighted by Gasteiger charge is 2.54. The Morgan fingerprint density at radius 2 is 1.38 bits per heavy atom. The number of carbonyl (C=O) groups is 1. The van der Waals surface area contributed by atoms with Gasteiger partial charge in [0.15, 0.2) is 5.78 Å². The zero-order chi connectivity index (χ0) is 28.2. The van der Waals surface area contributed by atoms with Gasteiger partial charge in [-0.15, -0.1) is 0 Å². The predicted molar refractivity (Wildman–Crippen MR) is 168 cm³/mol. The van der Waals surface area contributed by atoms with Crippen molar-refractivity contribution in [3.05, 3.63) is 76.6 Å². The van der Waals surface area contributed by atoms with Gasteiger partial charge in [0, 0.05) is 47.0 Å². The normalized spacial score (nSPS) is 28.2. The van der Waals surface area contributed by atoms with Gasteiger partial charge >= 0.3 is 0 Å². The summed E-state index contributed by atoms with van der Waals surface area (Å²) in [5.41, 5.74) is 9.09. The van der Waals surface area contributed by atoms with Crippen LogP contribution in [0, 0.1) is 11.3 Å². The zero-order valence-corrected chi connectivity index (χ0v) is 25.6. The lowest BCUT2D eigenvalue weighted by atomic mass is 9.70. The molecule has 2 aliphatic carbocycles. The molecule has 6 rings (SSSR count). The highest BCUT2D eigenvalue weighted by molar-refractivity contribution is 6.48. The number of hydrogen-bond donors (Lipinski definition) is 0. The molecule has 2 aromatic carbocycles. The second-order valence-corrected chi connectivity index (χ2v) is 13.7. The van der Waals surface area contributed by atoms with Crippen molar-refractivity contribution in [2.45, 2.75) is 104 Å². The number of nitrogens with zero attached hydrogens (tertiary/aromatic N) is 2. The van der Waals surface area contributed by atoms with Crippen LogP contribution >= 0.6 is 0 Å². The number of Topliss-reactive ketones (excluding diaryl/α,β-unsaturated/α-hetero) is 1. The molecule has 0 spiro atoms. The first-order chi connectivity index (χ1) is 19.2. The number of fused-ring (bicyclic) bond motifs is 3. The van der Waals surface area contributed by atoms with E-state index >= 15 is 4.79 Å². The third-order valence-electron chi connectivity index (χ3n) is 10.6. The van der Waals surface area contributed by atoms with Gasteiger partial charge < -0.3 is 9.80 Å². The summed E-state index contributed by atoms with van der Waals surface area (Å²) in [6.07, 6.45) is 9.73. The second-order valence-electron chi connectivity index (χ2n) is 13.7. The standard InChI is InChI=1S/C37H48N2O/c1-7-9-23-38-29-21-15-13-19-27(29)36(3,4)34(38)31-25-17-11-12-18-26(25)32(33(31)40)35-37(5,6)28-20-14-16-22-30(28)39(35)24-10-8-2/h11-13,15,17-19,21,28,30H,7-10,14,16,20,22-24H2,1-6H3/b34-31+,35-32+. The topological polar surface area (TPSA) is 23.6 Å². The van der Waals surface area contributed by atoms with Crippen molar-refractivity contribution in [1.82, 2.24) is 4.90 Å². The Balaban J connectivity index is 1.61. The number of para-hydroxylation sites is 1. The Morgan fingerprint density at radius 1 is 0.775 bits per heavy atom. The minimum absolute atomic E-state index is 0.0207. The van der Waals surface area contributed by atoms with Gasteiger partial charge in [0.1, 0.15) is 0 Å². The number of anilines is 1. The highest BCUT2D eigenvalue weighted by atomic mass is 16.1. The summed E-state index contributed by atoms with van der Waals surface area (Å²) in [7, 11) is 0. The molecule has 0 N–H and O–H groups in total. The summed E-state index contributed by atoms with van der Waals surface area (Å²) < 4.78 is 0. The minimum atomic E-state index is -0.246. The number of likely N-dealkylation sites (tertiary alicyclic amines) is 1. The molecule has 2 aromatic rings. The molecule has 3 heteroatoms. The molecule has 1 saturated heterocycles. The molecule has 2 fully saturated rings. The summed E-state index contributed by atoms with van der Waals surface area (Å²) in [6.45, 7) is 16.1. The SMILES string of the molecule is CCCCN1/C(=C2/C(=O)/C(=C3/N(CCCC)C4CCCCC4C3(C)C)c3ccccc32)C(C)(C)c2ccccc21. The van der Waals surface area contributed by atoms with Crippen LogP contribution in [-0.4, -0.2) is 29.8 Å². The van der Waals surface area contributed by atoms with E-state index in [4.69, 9.17) is 0 Å². The molecule has 3 nitrogen and oxygen atoms in total. The van der Waals surface area contributed by atoms with E-state index in [-0.39, 0.29) is 16.6 Å². The number of benzene rings is 2. The van der Waals surface area contributed by atoms with E-state index in [0.29, 0.717) is 12.0 Å². The van der Waals surface area contributed by atoms with Gasteiger partial charge in [0.25, 0.3) is 0 Å². The van der Waals surface area contributed by atoms with Crippen molar-refractivity contribution in [3.8, 4) is 0 Å². The van der Waals surface area contributed by atoms with Crippen molar-refractivity contribution in [3.63, 3.8) is 0 Å². The van der Waals surface area contributed by atoms with E-state index in [0.717, 1.165) is 48.2 Å². The van der Waals surface area contributed by atoms with Crippen LogP contribution in [0.4, 0.5) is 5.69 Å². The lowest BCUT2D eigenvalue weighted by Gasteiger charge is -2.34. The molecule has 0 amide bonds. The number of rotatable bonds is 6. The minimum Gasteiger partial charge on any atom is -0.370 e. The van der Waals surface area contributed by atoms with Crippen LogP contribution in [-0.2, 0) is 10.2 Å². The van der Waals surface area contributed by atoms with E-state index in [2.05, 4.69) is 99.9 Å². The second kappa shape index (κ2) is 10.2. The molecule has 2 unspecified atom stereocenters. The maximum absolute atomic E-state index is 15.1. The fourth-order valence-corrected chi connectivity index (χ4v) is 8.69. The Kier molecular flexibility index (Phi) is 7.00. The van der Waals surface area contributed by atoms with Crippen molar-refractivity contribution in [2.24, 2.45) is 11.3 Å². The molecule has 2 aliphatic heterocycles. The Bertz CT molecular complexity index is 1380. The molecule has 4 aliphatic rings. The fraction of sp³-hybridized carbons (Fsp3) is 0.541. The quantitative estimate of drug-likeness (QED) is 0.344. The first-order valence-corrected chi connectivity index (χ1v) is 16.0. The van der Waals surface area contributed by atoms with Crippen molar-refractivity contribution in [2.75, 3.05) is 18.0 Å². The molecule has 0 aromatic heterocycles. The van der Waals surface area contributed by atoms with Crippen LogP contribution in [0.5, 0.6) is 0 Å². The van der Waals surface area contributed by atoms with Gasteiger partial charge in [0.2, 0.25) is 0 Å². The smallest absolute Gasteiger partial charge is 0.197 e. The predicted octanol–water partition coefficient (Wildman–Crippen LogP) is 8.99. The molecule has 0 bridgehead atoms. The van der Waals surface area contributed by atoms with Crippen molar-refractivity contribution in [1.29, 1.82) is 0 Å². The van der Waals surface area contributed by atoms with Crippen LogP contribution < -0.4 is 4.90 Å². The van der Waals surface area contributed by atoms with Crippen molar-refractivity contribution >= 4 is 22.6 Å². The van der Waals surface area contributed by atoms with Crippen molar-refractivity contribution < 1.29 is 4.79 Å².